The predicted octanol–water partition coefficient (Wildman–Crippen LogP) is 2.37. The largest absolute Gasteiger partial charge is 0.481 e. The van der Waals surface area contributed by atoms with Gasteiger partial charge in [0.05, 0.1) is 6.54 Å². The number of carbonyl (C=O) groups excluding carboxylic acids is 1. The molecule has 0 aliphatic carbocycles. The van der Waals surface area contributed by atoms with Crippen LogP contribution in [0.4, 0.5) is 4.79 Å². The fourth-order valence-corrected chi connectivity index (χ4v) is 1.84. The average molecular weight is 282 g/mol. The van der Waals surface area contributed by atoms with E-state index < -0.39 is 5.97 Å². The van der Waals surface area contributed by atoms with E-state index in [1.54, 1.807) is 4.90 Å². The zero-order chi connectivity index (χ0) is 15.1. The molecule has 1 aromatic heterocycles. The van der Waals surface area contributed by atoms with E-state index >= 15 is 0 Å². The Kier molecular flexibility index (Phi) is 6.09. The normalized spacial score (nSPS) is 10.6. The molecule has 6 nitrogen and oxygen atoms in total. The Morgan fingerprint density at radius 2 is 2.10 bits per heavy atom. The summed E-state index contributed by atoms with van der Waals surface area (Å²) in [5, 5.41) is 11.4. The molecule has 2 amide bonds. The second kappa shape index (κ2) is 7.57. The number of carboxylic acids is 1. The number of hydrogen-bond acceptors (Lipinski definition) is 3. The van der Waals surface area contributed by atoms with Gasteiger partial charge in [0.1, 0.15) is 11.5 Å². The highest BCUT2D eigenvalue weighted by atomic mass is 16.4. The van der Waals surface area contributed by atoms with Crippen LogP contribution in [0, 0.1) is 6.92 Å². The smallest absolute Gasteiger partial charge is 0.318 e. The molecule has 2 N–H and O–H groups in total. The molecule has 0 unspecified atom stereocenters. The molecule has 1 aromatic rings. The van der Waals surface area contributed by atoms with Crippen LogP contribution in [0.1, 0.15) is 38.2 Å². The molecule has 0 saturated heterocycles. The van der Waals surface area contributed by atoms with Crippen molar-refractivity contribution < 1.29 is 19.1 Å². The number of carbonyl (C=O) groups is 2. The van der Waals surface area contributed by atoms with Crippen LogP contribution in [0.5, 0.6) is 0 Å². The molecular formula is C14H22N2O4. The molecule has 6 heteroatoms. The average Bonchev–Trinajstić information content (AvgIpc) is 2.77. The molecule has 0 radical (unpaired) electrons. The van der Waals surface area contributed by atoms with Crippen LogP contribution in [0.2, 0.25) is 0 Å². The minimum absolute atomic E-state index is 0.0159. The third-order valence-corrected chi connectivity index (χ3v) is 2.88. The summed E-state index contributed by atoms with van der Waals surface area (Å²) in [6.07, 6.45) is 0.509. The Labute approximate surface area is 118 Å². The van der Waals surface area contributed by atoms with Crippen molar-refractivity contribution in [2.75, 3.05) is 6.54 Å². The van der Waals surface area contributed by atoms with Gasteiger partial charge in [0.15, 0.2) is 0 Å². The van der Waals surface area contributed by atoms with Crippen LogP contribution < -0.4 is 5.32 Å². The lowest BCUT2D eigenvalue weighted by molar-refractivity contribution is -0.137. The van der Waals surface area contributed by atoms with Crippen molar-refractivity contribution in [2.45, 2.75) is 46.2 Å². The van der Waals surface area contributed by atoms with Gasteiger partial charge in [-0.15, -0.1) is 0 Å². The van der Waals surface area contributed by atoms with Crippen LogP contribution in [-0.2, 0) is 11.3 Å². The summed E-state index contributed by atoms with van der Waals surface area (Å²) in [6.45, 7) is 6.40. The van der Waals surface area contributed by atoms with Crippen molar-refractivity contribution in [3.05, 3.63) is 23.7 Å². The molecule has 0 aliphatic heterocycles. The quantitative estimate of drug-likeness (QED) is 0.804. The Morgan fingerprint density at radius 1 is 1.40 bits per heavy atom. The number of aryl methyl sites for hydroxylation is 1. The van der Waals surface area contributed by atoms with Crippen molar-refractivity contribution in [3.8, 4) is 0 Å². The summed E-state index contributed by atoms with van der Waals surface area (Å²) in [4.78, 5) is 24.2. The highest BCUT2D eigenvalue weighted by Gasteiger charge is 2.17. The summed E-state index contributed by atoms with van der Waals surface area (Å²) in [5.41, 5.74) is 0. The van der Waals surface area contributed by atoms with Crippen molar-refractivity contribution in [3.63, 3.8) is 0 Å². The maximum absolute atomic E-state index is 12.1. The zero-order valence-corrected chi connectivity index (χ0v) is 12.2. The molecule has 112 valence electrons. The Bertz CT molecular complexity index is 454. The van der Waals surface area contributed by atoms with Crippen LogP contribution in [0.15, 0.2) is 16.5 Å². The van der Waals surface area contributed by atoms with Crippen molar-refractivity contribution in [1.82, 2.24) is 10.2 Å². The highest BCUT2D eigenvalue weighted by Crippen LogP contribution is 2.07. The standard InChI is InChI=1S/C14H22N2O4/c1-10(2)16(8-4-5-13(17)18)14(19)15-9-12-7-6-11(3)20-12/h6-7,10H,4-5,8-9H2,1-3H3,(H,15,19)(H,17,18). The van der Waals surface area contributed by atoms with E-state index in [0.717, 1.165) is 5.76 Å². The van der Waals surface area contributed by atoms with E-state index in [1.165, 1.54) is 0 Å². The SMILES string of the molecule is Cc1ccc(CNC(=O)N(CCCC(=O)O)C(C)C)o1. The van der Waals surface area contributed by atoms with E-state index in [2.05, 4.69) is 5.32 Å². The van der Waals surface area contributed by atoms with Crippen LogP contribution in [0.25, 0.3) is 0 Å². The molecule has 0 spiro atoms. The maximum Gasteiger partial charge on any atom is 0.318 e. The molecule has 0 atom stereocenters. The number of furan rings is 1. The lowest BCUT2D eigenvalue weighted by Crippen LogP contribution is -2.44. The van der Waals surface area contributed by atoms with E-state index in [1.807, 2.05) is 32.9 Å². The lowest BCUT2D eigenvalue weighted by Gasteiger charge is -2.26. The molecule has 0 aromatic carbocycles. The van der Waals surface area contributed by atoms with Gasteiger partial charge in [-0.1, -0.05) is 0 Å². The number of nitrogens with zero attached hydrogens (tertiary/aromatic N) is 1. The fourth-order valence-electron chi connectivity index (χ4n) is 1.84. The van der Waals surface area contributed by atoms with Gasteiger partial charge in [-0.25, -0.2) is 4.79 Å². The van der Waals surface area contributed by atoms with Gasteiger partial charge < -0.3 is 19.7 Å². The second-order valence-corrected chi connectivity index (χ2v) is 4.96. The number of hydrogen-bond donors (Lipinski definition) is 2. The molecular weight excluding hydrogens is 260 g/mol. The van der Waals surface area contributed by atoms with Crippen molar-refractivity contribution in [2.24, 2.45) is 0 Å². The maximum atomic E-state index is 12.1. The molecule has 0 aliphatic rings. The molecule has 0 saturated carbocycles. The molecule has 1 heterocycles. The fraction of sp³-hybridized carbons (Fsp3) is 0.571. The van der Waals surface area contributed by atoms with Crippen LogP contribution >= 0.6 is 0 Å². The summed E-state index contributed by atoms with van der Waals surface area (Å²) in [6, 6.07) is 3.47. The Hall–Kier alpha value is -1.98. The van der Waals surface area contributed by atoms with E-state index in [4.69, 9.17) is 9.52 Å². The molecule has 20 heavy (non-hydrogen) atoms. The number of nitrogens with one attached hydrogen (secondary N) is 1. The number of aliphatic carboxylic acids is 1. The third kappa shape index (κ3) is 5.34. The van der Waals surface area contributed by atoms with Gasteiger partial charge in [0, 0.05) is 19.0 Å². The van der Waals surface area contributed by atoms with Gasteiger partial charge in [0.2, 0.25) is 0 Å². The van der Waals surface area contributed by atoms with E-state index in [0.29, 0.717) is 25.3 Å². The van der Waals surface area contributed by atoms with Gasteiger partial charge in [-0.05, 0) is 39.3 Å². The number of urea groups is 1. The minimum atomic E-state index is -0.847. The Morgan fingerprint density at radius 3 is 2.60 bits per heavy atom. The first kappa shape index (κ1) is 16.1. The van der Waals surface area contributed by atoms with Crippen molar-refractivity contribution >= 4 is 12.0 Å². The first-order valence-electron chi connectivity index (χ1n) is 6.71. The highest BCUT2D eigenvalue weighted by molar-refractivity contribution is 5.74. The van der Waals surface area contributed by atoms with Crippen LogP contribution in [0.3, 0.4) is 0 Å². The zero-order valence-electron chi connectivity index (χ0n) is 12.2. The summed E-state index contributed by atoms with van der Waals surface area (Å²) in [5.74, 6) is 0.654. The van der Waals surface area contributed by atoms with Gasteiger partial charge in [-0.2, -0.15) is 0 Å². The van der Waals surface area contributed by atoms with Gasteiger partial charge >= 0.3 is 12.0 Å². The van der Waals surface area contributed by atoms with Gasteiger partial charge in [-0.3, -0.25) is 4.79 Å². The summed E-state index contributed by atoms with van der Waals surface area (Å²) >= 11 is 0. The summed E-state index contributed by atoms with van der Waals surface area (Å²) < 4.78 is 5.38. The van der Waals surface area contributed by atoms with Crippen LogP contribution in [-0.4, -0.2) is 34.6 Å². The minimum Gasteiger partial charge on any atom is -0.481 e. The van der Waals surface area contributed by atoms with E-state index in [-0.39, 0.29) is 18.5 Å². The number of carboxylic acid groups (broad SMARTS) is 1. The van der Waals surface area contributed by atoms with Crippen molar-refractivity contribution in [1.29, 1.82) is 0 Å². The molecule has 0 fully saturated rings. The second-order valence-electron chi connectivity index (χ2n) is 4.96. The van der Waals surface area contributed by atoms with E-state index in [9.17, 15) is 9.59 Å². The first-order chi connectivity index (χ1) is 9.40. The predicted molar refractivity (Wildman–Crippen MR) is 74.4 cm³/mol. The van der Waals surface area contributed by atoms with Gasteiger partial charge in [0.25, 0.3) is 0 Å². The Balaban J connectivity index is 2.45. The summed E-state index contributed by atoms with van der Waals surface area (Å²) in [7, 11) is 0. The first-order valence-corrected chi connectivity index (χ1v) is 6.71. The number of rotatable bonds is 7. The lowest BCUT2D eigenvalue weighted by atomic mass is 10.2. The number of amides is 2. The molecule has 1 rings (SSSR count). The monoisotopic (exact) mass is 282 g/mol. The molecule has 0 bridgehead atoms. The third-order valence-electron chi connectivity index (χ3n) is 2.88. The topological polar surface area (TPSA) is 82.8 Å².